The normalized spacial score (nSPS) is 26.0. The van der Waals surface area contributed by atoms with E-state index >= 15 is 0 Å². The Bertz CT molecular complexity index is 466. The first-order valence-corrected chi connectivity index (χ1v) is 7.92. The molecule has 1 aliphatic rings. The molecule has 3 atom stereocenters. The molecule has 21 heavy (non-hydrogen) atoms. The van der Waals surface area contributed by atoms with E-state index in [0.29, 0.717) is 23.8 Å². The minimum Gasteiger partial charge on any atom is -0.494 e. The summed E-state index contributed by atoms with van der Waals surface area (Å²) >= 11 is 0. The van der Waals surface area contributed by atoms with E-state index in [1.165, 1.54) is 7.11 Å². The van der Waals surface area contributed by atoms with Gasteiger partial charge in [-0.1, -0.05) is 13.8 Å². The second-order valence-corrected chi connectivity index (χ2v) is 5.96. The van der Waals surface area contributed by atoms with Crippen LogP contribution in [-0.2, 0) is 0 Å². The zero-order valence-electron chi connectivity index (χ0n) is 13.5. The molecule has 0 aliphatic carbocycles. The Kier molecular flexibility index (Phi) is 5.45. The van der Waals surface area contributed by atoms with Crippen molar-refractivity contribution in [3.63, 3.8) is 0 Å². The van der Waals surface area contributed by atoms with Gasteiger partial charge in [-0.2, -0.15) is 0 Å². The van der Waals surface area contributed by atoms with Gasteiger partial charge in [-0.3, -0.25) is 0 Å². The lowest BCUT2D eigenvalue weighted by Crippen LogP contribution is -2.53. The maximum Gasteiger partial charge on any atom is 0.167 e. The van der Waals surface area contributed by atoms with E-state index < -0.39 is 0 Å². The molecule has 0 saturated carbocycles. The maximum atomic E-state index is 13.9. The number of anilines is 1. The fourth-order valence-corrected chi connectivity index (χ4v) is 3.18. The van der Waals surface area contributed by atoms with Crippen molar-refractivity contribution < 1.29 is 9.13 Å². The van der Waals surface area contributed by atoms with Crippen molar-refractivity contribution in [2.45, 2.75) is 45.7 Å². The van der Waals surface area contributed by atoms with E-state index in [0.717, 1.165) is 31.6 Å². The number of rotatable bonds is 5. The molecule has 0 aromatic heterocycles. The molecule has 1 aliphatic heterocycles. The Morgan fingerprint density at radius 2 is 2.14 bits per heavy atom. The quantitative estimate of drug-likeness (QED) is 0.900. The molecule has 1 N–H and O–H groups in total. The van der Waals surface area contributed by atoms with Crippen molar-refractivity contribution in [2.24, 2.45) is 5.92 Å². The summed E-state index contributed by atoms with van der Waals surface area (Å²) in [5.41, 5.74) is 0.946. The van der Waals surface area contributed by atoms with Gasteiger partial charge < -0.3 is 15.0 Å². The molecule has 1 heterocycles. The van der Waals surface area contributed by atoms with Crippen molar-refractivity contribution >= 4 is 5.69 Å². The van der Waals surface area contributed by atoms with Crippen LogP contribution in [0.2, 0.25) is 0 Å². The summed E-state index contributed by atoms with van der Waals surface area (Å²) in [6.07, 6.45) is 2.25. The lowest BCUT2D eigenvalue weighted by molar-refractivity contribution is 0.271. The van der Waals surface area contributed by atoms with Crippen LogP contribution in [0.25, 0.3) is 0 Å². The third-order valence-corrected chi connectivity index (χ3v) is 4.69. The van der Waals surface area contributed by atoms with Gasteiger partial charge in [0.05, 0.1) is 7.11 Å². The Morgan fingerprint density at radius 3 is 2.76 bits per heavy atom. The van der Waals surface area contributed by atoms with E-state index in [1.807, 2.05) is 6.07 Å². The molecule has 1 aromatic carbocycles. The molecule has 1 saturated heterocycles. The van der Waals surface area contributed by atoms with Gasteiger partial charge in [-0.05, 0) is 44.4 Å². The summed E-state index contributed by atoms with van der Waals surface area (Å²) in [5, 5.41) is 3.63. The van der Waals surface area contributed by atoms with Crippen LogP contribution in [0.3, 0.4) is 0 Å². The molecule has 4 heteroatoms. The number of hydrogen-bond acceptors (Lipinski definition) is 3. The molecule has 2 rings (SSSR count). The molecular weight excluding hydrogens is 267 g/mol. The lowest BCUT2D eigenvalue weighted by Gasteiger charge is -2.44. The minimum absolute atomic E-state index is 0.291. The SMILES string of the molecule is CCCNC1CCN(c2ccc(OC)c(F)c2)C(C)C1C. The largest absolute Gasteiger partial charge is 0.494 e. The van der Waals surface area contributed by atoms with E-state index in [2.05, 4.69) is 31.0 Å². The highest BCUT2D eigenvalue weighted by molar-refractivity contribution is 5.51. The van der Waals surface area contributed by atoms with Gasteiger partial charge in [0, 0.05) is 30.4 Å². The number of hydrogen-bond donors (Lipinski definition) is 1. The van der Waals surface area contributed by atoms with Gasteiger partial charge in [-0.25, -0.2) is 4.39 Å². The first-order chi connectivity index (χ1) is 10.1. The number of benzene rings is 1. The van der Waals surface area contributed by atoms with Crippen LogP contribution in [0.5, 0.6) is 5.75 Å². The van der Waals surface area contributed by atoms with Crippen LogP contribution in [-0.4, -0.2) is 32.3 Å². The molecule has 0 bridgehead atoms. The third kappa shape index (κ3) is 3.49. The molecule has 0 spiro atoms. The Morgan fingerprint density at radius 1 is 1.38 bits per heavy atom. The predicted molar refractivity (Wildman–Crippen MR) is 85.6 cm³/mol. The Hall–Kier alpha value is -1.29. The van der Waals surface area contributed by atoms with Gasteiger partial charge >= 0.3 is 0 Å². The van der Waals surface area contributed by atoms with Crippen molar-refractivity contribution in [1.82, 2.24) is 5.32 Å². The van der Waals surface area contributed by atoms with Crippen molar-refractivity contribution in [2.75, 3.05) is 25.1 Å². The fraction of sp³-hybridized carbons (Fsp3) is 0.647. The summed E-state index contributed by atoms with van der Waals surface area (Å²) < 4.78 is 18.9. The van der Waals surface area contributed by atoms with Gasteiger partial charge in [0.2, 0.25) is 0 Å². The number of methoxy groups -OCH3 is 1. The Balaban J connectivity index is 2.10. The van der Waals surface area contributed by atoms with E-state index in [9.17, 15) is 4.39 Å². The lowest BCUT2D eigenvalue weighted by atomic mass is 9.86. The summed E-state index contributed by atoms with van der Waals surface area (Å²) in [5.74, 6) is 0.551. The average Bonchev–Trinajstić information content (AvgIpc) is 2.49. The van der Waals surface area contributed by atoms with Crippen molar-refractivity contribution in [3.8, 4) is 5.75 Å². The number of nitrogens with one attached hydrogen (secondary N) is 1. The fourth-order valence-electron chi connectivity index (χ4n) is 3.18. The molecule has 3 unspecified atom stereocenters. The van der Waals surface area contributed by atoms with Crippen LogP contribution in [0.4, 0.5) is 10.1 Å². The zero-order valence-corrected chi connectivity index (χ0v) is 13.5. The average molecular weight is 294 g/mol. The Labute approximate surface area is 127 Å². The molecule has 118 valence electrons. The van der Waals surface area contributed by atoms with Crippen LogP contribution in [0.1, 0.15) is 33.6 Å². The molecule has 0 radical (unpaired) electrons. The van der Waals surface area contributed by atoms with Gasteiger partial charge in [0.15, 0.2) is 11.6 Å². The summed E-state index contributed by atoms with van der Waals surface area (Å²) in [6.45, 7) is 8.73. The second-order valence-electron chi connectivity index (χ2n) is 5.96. The molecule has 1 fully saturated rings. The third-order valence-electron chi connectivity index (χ3n) is 4.69. The first-order valence-electron chi connectivity index (χ1n) is 7.92. The number of nitrogens with zero attached hydrogens (tertiary/aromatic N) is 1. The molecule has 0 amide bonds. The van der Waals surface area contributed by atoms with Crippen LogP contribution >= 0.6 is 0 Å². The summed E-state index contributed by atoms with van der Waals surface area (Å²) in [4.78, 5) is 2.30. The molecule has 1 aromatic rings. The molecular formula is C17H27FN2O. The van der Waals surface area contributed by atoms with E-state index in [1.54, 1.807) is 12.1 Å². The van der Waals surface area contributed by atoms with Crippen LogP contribution < -0.4 is 15.0 Å². The van der Waals surface area contributed by atoms with Gasteiger partial charge in [0.25, 0.3) is 0 Å². The summed E-state index contributed by atoms with van der Waals surface area (Å²) in [7, 11) is 1.49. The highest BCUT2D eigenvalue weighted by Gasteiger charge is 2.32. The predicted octanol–water partition coefficient (Wildman–Crippen LogP) is 3.44. The number of piperidine rings is 1. The highest BCUT2D eigenvalue weighted by atomic mass is 19.1. The smallest absolute Gasteiger partial charge is 0.167 e. The standard InChI is InChI=1S/C17H27FN2O/c1-5-9-19-16-8-10-20(13(3)12(16)2)14-6-7-17(21-4)15(18)11-14/h6-7,11-13,16,19H,5,8-10H2,1-4H3. The van der Waals surface area contributed by atoms with Crippen LogP contribution in [0.15, 0.2) is 18.2 Å². The number of ether oxygens (including phenoxy) is 1. The zero-order chi connectivity index (χ0) is 15.4. The monoisotopic (exact) mass is 294 g/mol. The minimum atomic E-state index is -0.291. The summed E-state index contributed by atoms with van der Waals surface area (Å²) in [6, 6.07) is 6.19. The van der Waals surface area contributed by atoms with Crippen molar-refractivity contribution in [1.29, 1.82) is 0 Å². The highest BCUT2D eigenvalue weighted by Crippen LogP contribution is 2.31. The van der Waals surface area contributed by atoms with Gasteiger partial charge in [0.1, 0.15) is 0 Å². The van der Waals surface area contributed by atoms with Crippen LogP contribution in [0, 0.1) is 11.7 Å². The first kappa shape index (κ1) is 16.1. The topological polar surface area (TPSA) is 24.5 Å². The number of halogens is 1. The molecule has 3 nitrogen and oxygen atoms in total. The van der Waals surface area contributed by atoms with E-state index in [4.69, 9.17) is 4.74 Å². The van der Waals surface area contributed by atoms with E-state index in [-0.39, 0.29) is 5.82 Å². The van der Waals surface area contributed by atoms with Crippen molar-refractivity contribution in [3.05, 3.63) is 24.0 Å². The maximum absolute atomic E-state index is 13.9. The second kappa shape index (κ2) is 7.12. The van der Waals surface area contributed by atoms with Gasteiger partial charge in [-0.15, -0.1) is 0 Å².